The van der Waals surface area contributed by atoms with Crippen molar-refractivity contribution in [1.29, 1.82) is 0 Å². The summed E-state index contributed by atoms with van der Waals surface area (Å²) in [6, 6.07) is 1.36. The summed E-state index contributed by atoms with van der Waals surface area (Å²) in [6.07, 6.45) is 4.82. The lowest BCUT2D eigenvalue weighted by molar-refractivity contribution is 0.0769. The Morgan fingerprint density at radius 3 is 2.83 bits per heavy atom. The highest BCUT2D eigenvalue weighted by Crippen LogP contribution is 2.24. The van der Waals surface area contributed by atoms with Gasteiger partial charge < -0.3 is 19.4 Å². The monoisotopic (exact) mass is 350 g/mol. The van der Waals surface area contributed by atoms with E-state index in [0.717, 1.165) is 0 Å². The fourth-order valence-electron chi connectivity index (χ4n) is 2.46. The number of aromatic amines is 1. The molecular formula is C15H15ClN4O4. The molecule has 1 fully saturated rings. The van der Waals surface area contributed by atoms with E-state index in [9.17, 15) is 9.59 Å². The molecule has 1 N–H and O–H groups in total. The number of amides is 1. The van der Waals surface area contributed by atoms with Crippen LogP contribution in [0.4, 0.5) is 0 Å². The highest BCUT2D eigenvalue weighted by atomic mass is 35.5. The van der Waals surface area contributed by atoms with Crippen molar-refractivity contribution >= 4 is 17.5 Å². The van der Waals surface area contributed by atoms with Crippen LogP contribution in [0.2, 0.25) is 5.02 Å². The molecule has 0 aliphatic carbocycles. The van der Waals surface area contributed by atoms with Crippen LogP contribution >= 0.6 is 11.6 Å². The Morgan fingerprint density at radius 1 is 1.38 bits per heavy atom. The van der Waals surface area contributed by atoms with Crippen molar-refractivity contribution in [3.8, 4) is 11.8 Å². The lowest BCUT2D eigenvalue weighted by Gasteiger charge is -2.17. The molecule has 0 unspecified atom stereocenters. The quantitative estimate of drug-likeness (QED) is 0.887. The number of aromatic nitrogens is 3. The Balaban J connectivity index is 1.67. The normalized spacial score (nSPS) is 16.9. The number of methoxy groups -OCH3 is 1. The predicted octanol–water partition coefficient (Wildman–Crippen LogP) is 1.12. The van der Waals surface area contributed by atoms with Crippen molar-refractivity contribution < 1.29 is 14.3 Å². The Morgan fingerprint density at radius 2 is 2.12 bits per heavy atom. The van der Waals surface area contributed by atoms with E-state index in [1.165, 1.54) is 31.8 Å². The number of H-pyrrole nitrogens is 1. The van der Waals surface area contributed by atoms with Crippen molar-refractivity contribution in [3.63, 3.8) is 0 Å². The summed E-state index contributed by atoms with van der Waals surface area (Å²) in [4.78, 5) is 35.9. The minimum atomic E-state index is -0.425. The molecule has 1 atom stereocenters. The molecule has 8 nitrogen and oxygen atoms in total. The average Bonchev–Trinajstić information content (AvgIpc) is 3.05. The second kappa shape index (κ2) is 6.88. The van der Waals surface area contributed by atoms with E-state index in [4.69, 9.17) is 21.1 Å². The van der Waals surface area contributed by atoms with Crippen LogP contribution in [0.15, 0.2) is 29.5 Å². The molecule has 1 aliphatic heterocycles. The molecule has 0 spiro atoms. The third kappa shape index (κ3) is 3.33. The molecule has 1 saturated heterocycles. The number of nitrogens with one attached hydrogen (secondary N) is 1. The summed E-state index contributed by atoms with van der Waals surface area (Å²) >= 11 is 5.77. The Kier molecular flexibility index (Phi) is 4.66. The number of rotatable bonds is 4. The number of carbonyl (C=O) groups is 1. The van der Waals surface area contributed by atoms with Gasteiger partial charge in [-0.05, 0) is 6.07 Å². The standard InChI is InChI=1S/C15H15ClN4O4/c1-23-13-14(18-4-3-17-13)24-10-2-5-20(8-10)15(22)9-6-11(16)12(21)19-7-9/h3-4,6-7,10H,2,5,8H2,1H3,(H,19,21)/t10-/m1/s1. The summed E-state index contributed by atoms with van der Waals surface area (Å²) < 4.78 is 10.9. The number of hydrogen-bond acceptors (Lipinski definition) is 6. The Bertz CT molecular complexity index is 810. The maximum Gasteiger partial charge on any atom is 0.278 e. The summed E-state index contributed by atoms with van der Waals surface area (Å²) in [7, 11) is 1.49. The van der Waals surface area contributed by atoms with Gasteiger partial charge in [-0.25, -0.2) is 9.97 Å². The van der Waals surface area contributed by atoms with Crippen molar-refractivity contribution in [1.82, 2.24) is 19.9 Å². The fraction of sp³-hybridized carbons (Fsp3) is 0.333. The number of halogens is 1. The van der Waals surface area contributed by atoms with Gasteiger partial charge in [0.25, 0.3) is 23.2 Å². The number of ether oxygens (including phenoxy) is 2. The van der Waals surface area contributed by atoms with E-state index in [2.05, 4.69) is 15.0 Å². The van der Waals surface area contributed by atoms with Crippen LogP contribution in [0.1, 0.15) is 16.8 Å². The topological polar surface area (TPSA) is 97.4 Å². The average molecular weight is 351 g/mol. The zero-order valence-corrected chi connectivity index (χ0v) is 13.6. The third-order valence-electron chi connectivity index (χ3n) is 3.64. The van der Waals surface area contributed by atoms with Gasteiger partial charge in [-0.3, -0.25) is 9.59 Å². The van der Waals surface area contributed by atoms with Gasteiger partial charge in [-0.2, -0.15) is 0 Å². The first kappa shape index (κ1) is 16.3. The summed E-state index contributed by atoms with van der Waals surface area (Å²) in [6.45, 7) is 0.929. The smallest absolute Gasteiger partial charge is 0.278 e. The van der Waals surface area contributed by atoms with Crippen LogP contribution in [0.25, 0.3) is 0 Å². The van der Waals surface area contributed by atoms with E-state index in [1.54, 1.807) is 4.90 Å². The lowest BCUT2D eigenvalue weighted by Crippen LogP contribution is -2.31. The Labute approximate surface area is 142 Å². The van der Waals surface area contributed by atoms with Crippen LogP contribution < -0.4 is 15.0 Å². The molecule has 1 aliphatic rings. The van der Waals surface area contributed by atoms with Crippen molar-refractivity contribution in [2.45, 2.75) is 12.5 Å². The summed E-state index contributed by atoms with van der Waals surface area (Å²) in [5.41, 5.74) is -0.0945. The fourth-order valence-corrected chi connectivity index (χ4v) is 2.63. The number of likely N-dealkylation sites (tertiary alicyclic amines) is 1. The number of nitrogens with zero attached hydrogens (tertiary/aromatic N) is 3. The minimum absolute atomic E-state index is 0.0165. The molecule has 2 aromatic heterocycles. The maximum atomic E-state index is 12.5. The highest BCUT2D eigenvalue weighted by Gasteiger charge is 2.29. The Hall–Kier alpha value is -2.61. The van der Waals surface area contributed by atoms with E-state index < -0.39 is 5.56 Å². The zero-order chi connectivity index (χ0) is 17.1. The maximum absolute atomic E-state index is 12.5. The van der Waals surface area contributed by atoms with E-state index in [1.807, 2.05) is 0 Å². The predicted molar refractivity (Wildman–Crippen MR) is 85.6 cm³/mol. The molecule has 24 heavy (non-hydrogen) atoms. The summed E-state index contributed by atoms with van der Waals surface area (Å²) in [5, 5.41) is -0.0165. The van der Waals surface area contributed by atoms with Gasteiger partial charge in [-0.15, -0.1) is 0 Å². The van der Waals surface area contributed by atoms with Gasteiger partial charge in [-0.1, -0.05) is 11.6 Å². The SMILES string of the molecule is COc1nccnc1O[C@@H]1CCN(C(=O)c2c[nH]c(=O)c(Cl)c2)C1. The lowest BCUT2D eigenvalue weighted by atomic mass is 10.2. The molecule has 0 aromatic carbocycles. The van der Waals surface area contributed by atoms with Gasteiger partial charge in [0.2, 0.25) is 0 Å². The first-order valence-corrected chi connectivity index (χ1v) is 7.65. The van der Waals surface area contributed by atoms with Crippen molar-refractivity contribution in [2.24, 2.45) is 0 Å². The van der Waals surface area contributed by atoms with Crippen LogP contribution in [0, 0.1) is 0 Å². The molecular weight excluding hydrogens is 336 g/mol. The van der Waals surface area contributed by atoms with Crippen molar-refractivity contribution in [2.75, 3.05) is 20.2 Å². The van der Waals surface area contributed by atoms with Gasteiger partial charge >= 0.3 is 0 Å². The van der Waals surface area contributed by atoms with Crippen LogP contribution in [0.3, 0.4) is 0 Å². The first-order valence-electron chi connectivity index (χ1n) is 7.27. The second-order valence-electron chi connectivity index (χ2n) is 5.22. The molecule has 2 aromatic rings. The molecule has 9 heteroatoms. The van der Waals surface area contributed by atoms with Gasteiger partial charge in [0.05, 0.1) is 19.2 Å². The summed E-state index contributed by atoms with van der Waals surface area (Å²) in [5.74, 6) is 0.381. The number of pyridine rings is 1. The van der Waals surface area contributed by atoms with Gasteiger partial charge in [0.15, 0.2) is 0 Å². The van der Waals surface area contributed by atoms with Crippen LogP contribution in [-0.2, 0) is 0 Å². The molecule has 126 valence electrons. The van der Waals surface area contributed by atoms with E-state index in [-0.39, 0.29) is 17.0 Å². The molecule has 1 amide bonds. The largest absolute Gasteiger partial charge is 0.477 e. The molecule has 0 bridgehead atoms. The van der Waals surface area contributed by atoms with E-state index in [0.29, 0.717) is 36.8 Å². The highest BCUT2D eigenvalue weighted by molar-refractivity contribution is 6.30. The van der Waals surface area contributed by atoms with Gasteiger partial charge in [0, 0.05) is 31.6 Å². The van der Waals surface area contributed by atoms with Crippen molar-refractivity contribution in [3.05, 3.63) is 45.6 Å². The van der Waals surface area contributed by atoms with Gasteiger partial charge in [0.1, 0.15) is 11.1 Å². The number of carbonyl (C=O) groups excluding carboxylic acids is 1. The van der Waals surface area contributed by atoms with E-state index >= 15 is 0 Å². The first-order chi connectivity index (χ1) is 11.6. The van der Waals surface area contributed by atoms with Crippen LogP contribution in [0.5, 0.6) is 11.8 Å². The van der Waals surface area contributed by atoms with Crippen LogP contribution in [-0.4, -0.2) is 52.1 Å². The molecule has 3 heterocycles. The third-order valence-corrected chi connectivity index (χ3v) is 3.92. The number of hydrogen-bond donors (Lipinski definition) is 1. The molecule has 3 rings (SSSR count). The minimum Gasteiger partial charge on any atom is -0.477 e. The molecule has 0 radical (unpaired) electrons. The zero-order valence-electron chi connectivity index (χ0n) is 12.9. The molecule has 0 saturated carbocycles. The second-order valence-corrected chi connectivity index (χ2v) is 5.62.